The predicted octanol–water partition coefficient (Wildman–Crippen LogP) is 4.77. The predicted molar refractivity (Wildman–Crippen MR) is 160 cm³/mol. The smallest absolute Gasteiger partial charge is 0.294 e. The number of hydrogen-bond donors (Lipinski definition) is 3. The Hall–Kier alpha value is -4.26. The summed E-state index contributed by atoms with van der Waals surface area (Å²) in [5, 5.41) is 25.0. The number of halogens is 1. The van der Waals surface area contributed by atoms with E-state index < -0.39 is 4.92 Å². The van der Waals surface area contributed by atoms with Crippen molar-refractivity contribution in [2.45, 2.75) is 12.8 Å². The number of nitro benzene ring substituents is 1. The summed E-state index contributed by atoms with van der Waals surface area (Å²) in [6.45, 7) is 1.37. The summed E-state index contributed by atoms with van der Waals surface area (Å²) < 4.78 is 5.59. The van der Waals surface area contributed by atoms with E-state index in [1.807, 2.05) is 43.1 Å². The standard InChI is InChI=1S/C28H33ClN8O4/c1-35(2)13-14-36(3)22-17-24(41-4)21(16-23(22)37(39)40)32-28-30-12-11-20(31-28)27-26(18-7-9-19(29)10-8-18)33-25(34-27)6-5-15-38/h7-12,16-17,38H,5-6,13-15H2,1-4H3,(H,33,34)(H,30,31,32). The maximum absolute atomic E-state index is 12.0. The molecule has 3 N–H and O–H groups in total. The second-order valence-corrected chi connectivity index (χ2v) is 10.1. The van der Waals surface area contributed by atoms with Crippen molar-refractivity contribution in [2.75, 3.05) is 58.2 Å². The van der Waals surface area contributed by atoms with Gasteiger partial charge in [-0.25, -0.2) is 15.0 Å². The van der Waals surface area contributed by atoms with Crippen LogP contribution in [0.5, 0.6) is 5.75 Å². The first kappa shape index (κ1) is 29.7. The zero-order valence-electron chi connectivity index (χ0n) is 23.4. The lowest BCUT2D eigenvalue weighted by Gasteiger charge is -2.22. The van der Waals surface area contributed by atoms with Crippen molar-refractivity contribution in [3.63, 3.8) is 0 Å². The Balaban J connectivity index is 1.70. The van der Waals surface area contributed by atoms with Crippen LogP contribution in [0.4, 0.5) is 23.0 Å². The normalized spacial score (nSPS) is 11.1. The van der Waals surface area contributed by atoms with Gasteiger partial charge < -0.3 is 29.9 Å². The van der Waals surface area contributed by atoms with Crippen LogP contribution in [0.2, 0.25) is 5.02 Å². The number of nitro groups is 1. The third kappa shape index (κ3) is 7.28. The van der Waals surface area contributed by atoms with Crippen molar-refractivity contribution in [1.82, 2.24) is 24.8 Å². The largest absolute Gasteiger partial charge is 0.494 e. The van der Waals surface area contributed by atoms with Gasteiger partial charge in [-0.1, -0.05) is 23.7 Å². The molecule has 4 aromatic rings. The van der Waals surface area contributed by atoms with E-state index in [1.54, 1.807) is 30.5 Å². The number of H-pyrrole nitrogens is 1. The van der Waals surface area contributed by atoms with Gasteiger partial charge in [-0.05, 0) is 38.7 Å². The maximum atomic E-state index is 12.0. The van der Waals surface area contributed by atoms with E-state index in [0.29, 0.717) is 64.4 Å². The zero-order chi connectivity index (χ0) is 29.5. The molecule has 12 nitrogen and oxygen atoms in total. The monoisotopic (exact) mass is 580 g/mol. The fourth-order valence-electron chi connectivity index (χ4n) is 4.21. The maximum Gasteiger partial charge on any atom is 0.294 e. The molecule has 216 valence electrons. The first-order valence-corrected chi connectivity index (χ1v) is 13.4. The van der Waals surface area contributed by atoms with Crippen LogP contribution < -0.4 is 15.0 Å². The molecule has 0 aliphatic carbocycles. The first-order chi connectivity index (χ1) is 19.7. The van der Waals surface area contributed by atoms with Gasteiger partial charge in [0.1, 0.15) is 17.3 Å². The lowest BCUT2D eigenvalue weighted by atomic mass is 10.1. The van der Waals surface area contributed by atoms with E-state index in [1.165, 1.54) is 13.2 Å². The number of aliphatic hydroxyl groups is 1. The molecule has 4 rings (SSSR count). The fraction of sp³-hybridized carbons (Fsp3) is 0.321. The number of benzene rings is 2. The molecule has 0 aliphatic rings. The van der Waals surface area contributed by atoms with Gasteiger partial charge in [0, 0.05) is 62.1 Å². The van der Waals surface area contributed by atoms with Crippen molar-refractivity contribution < 1.29 is 14.8 Å². The van der Waals surface area contributed by atoms with Gasteiger partial charge in [0.05, 0.1) is 34.8 Å². The molecule has 0 fully saturated rings. The molecule has 0 amide bonds. The number of aryl methyl sites for hydroxylation is 1. The van der Waals surface area contributed by atoms with E-state index in [2.05, 4.69) is 20.3 Å². The van der Waals surface area contributed by atoms with Crippen molar-refractivity contribution in [1.29, 1.82) is 0 Å². The molecule has 0 saturated carbocycles. The van der Waals surface area contributed by atoms with Crippen LogP contribution in [0, 0.1) is 10.1 Å². The topological polar surface area (TPSA) is 146 Å². The number of methoxy groups -OCH3 is 1. The van der Waals surface area contributed by atoms with Crippen LogP contribution in [0.25, 0.3) is 22.6 Å². The SMILES string of the molecule is COc1cc(N(C)CCN(C)C)c([N+](=O)[O-])cc1Nc1nccc(-c2[nH]c(CCCO)nc2-c2ccc(Cl)cc2)n1. The summed E-state index contributed by atoms with van der Waals surface area (Å²) in [4.78, 5) is 32.5. The van der Waals surface area contributed by atoms with Crippen LogP contribution >= 0.6 is 11.6 Å². The van der Waals surface area contributed by atoms with Crippen molar-refractivity contribution in [2.24, 2.45) is 0 Å². The highest BCUT2D eigenvalue weighted by Crippen LogP contribution is 2.39. The molecule has 0 unspecified atom stereocenters. The van der Waals surface area contributed by atoms with Gasteiger partial charge in [0.25, 0.3) is 5.69 Å². The summed E-state index contributed by atoms with van der Waals surface area (Å²) in [5.41, 5.74) is 3.47. The van der Waals surface area contributed by atoms with Gasteiger partial charge in [-0.2, -0.15) is 0 Å². The summed E-state index contributed by atoms with van der Waals surface area (Å²) in [6, 6.07) is 12.1. The molecule has 0 bridgehead atoms. The Morgan fingerprint density at radius 1 is 1.12 bits per heavy atom. The van der Waals surface area contributed by atoms with Gasteiger partial charge in [0.2, 0.25) is 5.95 Å². The molecule has 13 heteroatoms. The minimum absolute atomic E-state index is 0.0477. The number of nitrogens with zero attached hydrogens (tertiary/aromatic N) is 6. The van der Waals surface area contributed by atoms with Gasteiger partial charge >= 0.3 is 0 Å². The first-order valence-electron chi connectivity index (χ1n) is 13.0. The van der Waals surface area contributed by atoms with Gasteiger partial charge in [-0.3, -0.25) is 10.1 Å². The minimum atomic E-state index is -0.416. The van der Waals surface area contributed by atoms with Crippen LogP contribution in [0.1, 0.15) is 12.2 Å². The van der Waals surface area contributed by atoms with Gasteiger partial charge in [0.15, 0.2) is 0 Å². The van der Waals surface area contributed by atoms with Gasteiger partial charge in [-0.15, -0.1) is 0 Å². The fourth-order valence-corrected chi connectivity index (χ4v) is 4.34. The molecule has 2 aromatic carbocycles. The molecule has 0 atom stereocenters. The minimum Gasteiger partial charge on any atom is -0.494 e. The number of likely N-dealkylation sites (N-methyl/N-ethyl adjacent to an activating group) is 2. The number of hydrogen-bond acceptors (Lipinski definition) is 10. The molecule has 2 heterocycles. The Bertz CT molecular complexity index is 1490. The second kappa shape index (κ2) is 13.4. The zero-order valence-corrected chi connectivity index (χ0v) is 24.1. The lowest BCUT2D eigenvalue weighted by molar-refractivity contribution is -0.384. The van der Waals surface area contributed by atoms with Crippen LogP contribution in [-0.2, 0) is 6.42 Å². The number of aliphatic hydroxyl groups excluding tert-OH is 1. The number of imidazole rings is 1. The second-order valence-electron chi connectivity index (χ2n) is 9.65. The lowest BCUT2D eigenvalue weighted by Crippen LogP contribution is -2.28. The number of rotatable bonds is 13. The summed E-state index contributed by atoms with van der Waals surface area (Å²) in [6.07, 6.45) is 2.71. The molecule has 0 aliphatic heterocycles. The Morgan fingerprint density at radius 2 is 1.88 bits per heavy atom. The molecule has 41 heavy (non-hydrogen) atoms. The van der Waals surface area contributed by atoms with Crippen molar-refractivity contribution in [3.05, 3.63) is 69.6 Å². The quantitative estimate of drug-likeness (QED) is 0.149. The molecule has 2 aromatic heterocycles. The van der Waals surface area contributed by atoms with Crippen molar-refractivity contribution >= 4 is 34.6 Å². The number of anilines is 3. The van der Waals surface area contributed by atoms with E-state index >= 15 is 0 Å². The molecular weight excluding hydrogens is 548 g/mol. The average Bonchev–Trinajstić information content (AvgIpc) is 3.39. The van der Waals surface area contributed by atoms with E-state index in [4.69, 9.17) is 21.3 Å². The van der Waals surface area contributed by atoms with Crippen LogP contribution in [-0.4, -0.2) is 82.8 Å². The van der Waals surface area contributed by atoms with E-state index in [-0.39, 0.29) is 18.2 Å². The van der Waals surface area contributed by atoms with Crippen LogP contribution in [0.15, 0.2) is 48.7 Å². The number of aromatic nitrogens is 4. The van der Waals surface area contributed by atoms with Crippen LogP contribution in [0.3, 0.4) is 0 Å². The van der Waals surface area contributed by atoms with E-state index in [9.17, 15) is 15.2 Å². The highest BCUT2D eigenvalue weighted by Gasteiger charge is 2.23. The molecule has 0 saturated heterocycles. The summed E-state index contributed by atoms with van der Waals surface area (Å²) in [5.74, 6) is 1.33. The summed E-state index contributed by atoms with van der Waals surface area (Å²) in [7, 11) is 7.20. The third-order valence-electron chi connectivity index (χ3n) is 6.39. The third-order valence-corrected chi connectivity index (χ3v) is 6.64. The summed E-state index contributed by atoms with van der Waals surface area (Å²) >= 11 is 6.10. The Labute approximate surface area is 243 Å². The van der Waals surface area contributed by atoms with E-state index in [0.717, 1.165) is 12.1 Å². The number of ether oxygens (including phenoxy) is 1. The molecular formula is C28H33ClN8O4. The molecule has 0 radical (unpaired) electrons. The highest BCUT2D eigenvalue weighted by atomic mass is 35.5. The van der Waals surface area contributed by atoms with Crippen molar-refractivity contribution in [3.8, 4) is 28.4 Å². The number of nitrogens with one attached hydrogen (secondary N) is 2. The highest BCUT2D eigenvalue weighted by molar-refractivity contribution is 6.30. The Kier molecular flexibility index (Phi) is 9.71. The average molecular weight is 581 g/mol. The Morgan fingerprint density at radius 3 is 2.54 bits per heavy atom. The number of aromatic amines is 1. The molecule has 0 spiro atoms.